The van der Waals surface area contributed by atoms with E-state index < -0.39 is 4.92 Å². The normalized spacial score (nSPS) is 9.30. The molecular formula is C6H4NO2Si. The van der Waals surface area contributed by atoms with Crippen molar-refractivity contribution < 1.29 is 4.92 Å². The molecule has 0 saturated heterocycles. The van der Waals surface area contributed by atoms with Crippen molar-refractivity contribution in [2.24, 2.45) is 0 Å². The lowest BCUT2D eigenvalue weighted by molar-refractivity contribution is -0.384. The van der Waals surface area contributed by atoms with Crippen LogP contribution in [0.5, 0.6) is 0 Å². The molecule has 0 N–H and O–H groups in total. The molecule has 0 aliphatic carbocycles. The van der Waals surface area contributed by atoms with Gasteiger partial charge in [0.25, 0.3) is 5.69 Å². The Morgan fingerprint density at radius 3 is 2.20 bits per heavy atom. The van der Waals surface area contributed by atoms with E-state index in [0.717, 1.165) is 5.19 Å². The second-order valence-corrected chi connectivity index (χ2v) is 2.38. The van der Waals surface area contributed by atoms with Gasteiger partial charge in [-0.15, -0.1) is 0 Å². The van der Waals surface area contributed by atoms with Crippen LogP contribution in [-0.4, -0.2) is 15.2 Å². The van der Waals surface area contributed by atoms with Crippen molar-refractivity contribution in [3.63, 3.8) is 0 Å². The molecule has 3 nitrogen and oxygen atoms in total. The number of hydrogen-bond acceptors (Lipinski definition) is 2. The molecule has 0 unspecified atom stereocenters. The van der Waals surface area contributed by atoms with Gasteiger partial charge >= 0.3 is 0 Å². The molecule has 1 aromatic rings. The summed E-state index contributed by atoms with van der Waals surface area (Å²) in [7, 11) is 3.22. The molecule has 0 atom stereocenters. The molecule has 1 aromatic carbocycles. The van der Waals surface area contributed by atoms with Crippen molar-refractivity contribution in [2.45, 2.75) is 0 Å². The van der Waals surface area contributed by atoms with E-state index >= 15 is 0 Å². The van der Waals surface area contributed by atoms with Crippen LogP contribution < -0.4 is 5.19 Å². The minimum Gasteiger partial charge on any atom is -0.258 e. The van der Waals surface area contributed by atoms with Crippen LogP contribution in [0.4, 0.5) is 5.69 Å². The minimum absolute atomic E-state index is 0.113. The summed E-state index contributed by atoms with van der Waals surface area (Å²) in [5.74, 6) is 0. The summed E-state index contributed by atoms with van der Waals surface area (Å²) in [4.78, 5) is 9.68. The SMILES string of the molecule is O=[N+]([O-])c1ccc([Si])cc1. The van der Waals surface area contributed by atoms with Gasteiger partial charge in [0.2, 0.25) is 0 Å². The average molecular weight is 150 g/mol. The number of nitrogens with zero attached hydrogens (tertiary/aromatic N) is 1. The van der Waals surface area contributed by atoms with Crippen LogP contribution in [0.15, 0.2) is 24.3 Å². The lowest BCUT2D eigenvalue weighted by Crippen LogP contribution is -2.00. The Balaban J connectivity index is 3.00. The van der Waals surface area contributed by atoms with Gasteiger partial charge in [0, 0.05) is 12.1 Å². The summed E-state index contributed by atoms with van der Waals surface area (Å²) in [5.41, 5.74) is 0.113. The van der Waals surface area contributed by atoms with E-state index in [1.165, 1.54) is 12.1 Å². The third-order valence-corrected chi connectivity index (χ3v) is 1.41. The highest BCUT2D eigenvalue weighted by molar-refractivity contribution is 6.32. The van der Waals surface area contributed by atoms with E-state index in [9.17, 15) is 10.1 Å². The monoisotopic (exact) mass is 150 g/mol. The van der Waals surface area contributed by atoms with Gasteiger partial charge in [-0.3, -0.25) is 10.1 Å². The van der Waals surface area contributed by atoms with Gasteiger partial charge in [0.05, 0.1) is 15.2 Å². The molecule has 0 spiro atoms. The van der Waals surface area contributed by atoms with Gasteiger partial charge in [-0.2, -0.15) is 0 Å². The van der Waals surface area contributed by atoms with Crippen LogP contribution in [-0.2, 0) is 0 Å². The van der Waals surface area contributed by atoms with Crippen LogP contribution in [0, 0.1) is 10.1 Å². The highest BCUT2D eigenvalue weighted by atomic mass is 28.1. The van der Waals surface area contributed by atoms with E-state index in [-0.39, 0.29) is 5.69 Å². The molecule has 49 valence electrons. The van der Waals surface area contributed by atoms with Crippen molar-refractivity contribution in [3.05, 3.63) is 34.4 Å². The molecule has 0 bridgehead atoms. The van der Waals surface area contributed by atoms with Crippen molar-refractivity contribution >= 4 is 21.1 Å². The van der Waals surface area contributed by atoms with Gasteiger partial charge in [-0.25, -0.2) is 0 Å². The molecule has 10 heavy (non-hydrogen) atoms. The van der Waals surface area contributed by atoms with Gasteiger partial charge in [-0.05, 0) is 0 Å². The summed E-state index contributed by atoms with van der Waals surface area (Å²) in [6, 6.07) is 6.16. The zero-order chi connectivity index (χ0) is 7.56. The molecule has 0 aromatic heterocycles. The maximum atomic E-state index is 10.1. The van der Waals surface area contributed by atoms with Gasteiger partial charge in [0.15, 0.2) is 0 Å². The Kier molecular flexibility index (Phi) is 1.82. The van der Waals surface area contributed by atoms with E-state index in [1.807, 2.05) is 0 Å². The predicted octanol–water partition coefficient (Wildman–Crippen LogP) is 0.389. The molecule has 0 amide bonds. The molecule has 0 saturated carbocycles. The van der Waals surface area contributed by atoms with Crippen LogP contribution in [0.2, 0.25) is 0 Å². The first-order chi connectivity index (χ1) is 4.70. The maximum Gasteiger partial charge on any atom is 0.269 e. The van der Waals surface area contributed by atoms with Gasteiger partial charge < -0.3 is 0 Å². The Hall–Kier alpha value is -1.16. The zero-order valence-electron chi connectivity index (χ0n) is 5.07. The second kappa shape index (κ2) is 2.61. The molecule has 0 aliphatic heterocycles. The molecule has 0 aliphatic rings. The first-order valence-electron chi connectivity index (χ1n) is 2.66. The standard InChI is InChI=1S/C6H4NO2Si/c8-7(9)5-1-3-6(10)4-2-5/h1-4H. The van der Waals surface area contributed by atoms with Crippen molar-refractivity contribution in [2.75, 3.05) is 0 Å². The van der Waals surface area contributed by atoms with Crippen LogP contribution in [0.1, 0.15) is 0 Å². The summed E-state index contributed by atoms with van der Waals surface area (Å²) < 4.78 is 0. The molecular weight excluding hydrogens is 146 g/mol. The third kappa shape index (κ3) is 1.41. The molecule has 0 heterocycles. The topological polar surface area (TPSA) is 43.1 Å². The lowest BCUT2D eigenvalue weighted by atomic mass is 10.3. The first kappa shape index (κ1) is 6.95. The summed E-state index contributed by atoms with van der Waals surface area (Å²) in [5, 5.41) is 10.9. The number of benzene rings is 1. The summed E-state index contributed by atoms with van der Waals surface area (Å²) in [6.07, 6.45) is 0. The number of rotatable bonds is 1. The summed E-state index contributed by atoms with van der Waals surface area (Å²) in [6.45, 7) is 0. The highest BCUT2D eigenvalue weighted by Crippen LogP contribution is 2.05. The first-order valence-corrected chi connectivity index (χ1v) is 3.16. The summed E-state index contributed by atoms with van der Waals surface area (Å²) >= 11 is 0. The smallest absolute Gasteiger partial charge is 0.258 e. The number of nitro benzene ring substituents is 1. The Labute approximate surface area is 61.3 Å². The predicted molar refractivity (Wildman–Crippen MR) is 38.5 cm³/mol. The van der Waals surface area contributed by atoms with E-state index in [1.54, 1.807) is 12.1 Å². The quantitative estimate of drug-likeness (QED) is 0.330. The molecule has 3 radical (unpaired) electrons. The third-order valence-electron chi connectivity index (χ3n) is 1.08. The fourth-order valence-electron chi connectivity index (χ4n) is 0.583. The molecule has 1 rings (SSSR count). The number of nitro groups is 1. The maximum absolute atomic E-state index is 10.1. The average Bonchev–Trinajstić information content (AvgIpc) is 1.88. The highest BCUT2D eigenvalue weighted by Gasteiger charge is 2.00. The molecule has 0 fully saturated rings. The number of hydrogen-bond donors (Lipinski definition) is 0. The van der Waals surface area contributed by atoms with Crippen LogP contribution >= 0.6 is 0 Å². The van der Waals surface area contributed by atoms with Gasteiger partial charge in [-0.1, -0.05) is 17.3 Å². The Morgan fingerprint density at radius 2 is 1.80 bits per heavy atom. The fourth-order valence-corrected chi connectivity index (χ4v) is 0.750. The lowest BCUT2D eigenvalue weighted by Gasteiger charge is -1.89. The van der Waals surface area contributed by atoms with Crippen molar-refractivity contribution in [1.29, 1.82) is 0 Å². The number of non-ortho nitro benzene ring substituents is 1. The van der Waals surface area contributed by atoms with Crippen molar-refractivity contribution in [1.82, 2.24) is 0 Å². The zero-order valence-corrected chi connectivity index (χ0v) is 6.07. The van der Waals surface area contributed by atoms with Gasteiger partial charge in [0.1, 0.15) is 0 Å². The van der Waals surface area contributed by atoms with E-state index in [0.29, 0.717) is 0 Å². The second-order valence-electron chi connectivity index (χ2n) is 1.80. The van der Waals surface area contributed by atoms with Crippen LogP contribution in [0.25, 0.3) is 0 Å². The largest absolute Gasteiger partial charge is 0.269 e. The Morgan fingerprint density at radius 1 is 1.30 bits per heavy atom. The molecule has 4 heteroatoms. The Bertz CT molecular complexity index is 244. The van der Waals surface area contributed by atoms with E-state index in [4.69, 9.17) is 0 Å². The fraction of sp³-hybridized carbons (Fsp3) is 0. The van der Waals surface area contributed by atoms with Crippen LogP contribution in [0.3, 0.4) is 0 Å². The van der Waals surface area contributed by atoms with Crippen molar-refractivity contribution in [3.8, 4) is 0 Å². The minimum atomic E-state index is -0.425. The van der Waals surface area contributed by atoms with E-state index in [2.05, 4.69) is 10.2 Å².